The van der Waals surface area contributed by atoms with Crippen LogP contribution in [0.1, 0.15) is 20.3 Å². The zero-order valence-corrected chi connectivity index (χ0v) is 12.5. The molecule has 0 saturated heterocycles. The van der Waals surface area contributed by atoms with Gasteiger partial charge < -0.3 is 0 Å². The van der Waals surface area contributed by atoms with Crippen LogP contribution >= 0.6 is 11.8 Å². The fourth-order valence-corrected chi connectivity index (χ4v) is 3.47. The Morgan fingerprint density at radius 2 is 1.50 bits per heavy atom. The second-order valence-corrected chi connectivity index (χ2v) is 6.45. The Bertz CT molecular complexity index is 605. The van der Waals surface area contributed by atoms with Gasteiger partial charge in [0.05, 0.1) is 11.4 Å². The first-order valence-electron chi connectivity index (χ1n) is 6.85. The molecule has 0 N–H and O–H groups in total. The van der Waals surface area contributed by atoms with Gasteiger partial charge >= 0.3 is 0 Å². The van der Waals surface area contributed by atoms with Gasteiger partial charge in [0, 0.05) is 16.2 Å². The quantitative estimate of drug-likeness (QED) is 0.784. The Balaban J connectivity index is 2.10. The second-order valence-electron chi connectivity index (χ2n) is 5.36. The molecule has 3 rings (SSSR count). The Morgan fingerprint density at radius 3 is 2.00 bits per heavy atom. The average molecular weight is 283 g/mol. The minimum absolute atomic E-state index is 0.167. The van der Waals surface area contributed by atoms with E-state index in [1.54, 1.807) is 11.8 Å². The van der Waals surface area contributed by atoms with E-state index >= 15 is 0 Å². The molecule has 3 heteroatoms. The number of amides is 1. The Morgan fingerprint density at radius 1 is 1.00 bits per heavy atom. The number of anilines is 2. The van der Waals surface area contributed by atoms with Gasteiger partial charge in [-0.1, -0.05) is 49.9 Å². The number of rotatable bonds is 2. The molecule has 0 atom stereocenters. The van der Waals surface area contributed by atoms with Gasteiger partial charge in [-0.3, -0.25) is 9.69 Å². The van der Waals surface area contributed by atoms with Crippen molar-refractivity contribution in [1.29, 1.82) is 0 Å². The molecule has 0 aliphatic carbocycles. The van der Waals surface area contributed by atoms with E-state index in [2.05, 4.69) is 26.0 Å². The van der Waals surface area contributed by atoms with Crippen molar-refractivity contribution in [3.8, 4) is 0 Å². The van der Waals surface area contributed by atoms with Crippen LogP contribution in [0.4, 0.5) is 11.4 Å². The van der Waals surface area contributed by atoms with E-state index in [1.807, 2.05) is 41.3 Å². The normalized spacial score (nSPS) is 13.1. The lowest BCUT2D eigenvalue weighted by Crippen LogP contribution is -2.29. The third-order valence-corrected chi connectivity index (χ3v) is 4.39. The van der Waals surface area contributed by atoms with Gasteiger partial charge in [0.2, 0.25) is 5.91 Å². The standard InChI is InChI=1S/C17H17NOS/c1-12(2)11-17(19)18-13-7-3-5-9-15(13)20-16-10-6-4-8-14(16)18/h3-10,12H,11H2,1-2H3. The molecule has 1 amide bonds. The van der Waals surface area contributed by atoms with Gasteiger partial charge in [-0.2, -0.15) is 0 Å². The average Bonchev–Trinajstić information content (AvgIpc) is 2.43. The topological polar surface area (TPSA) is 20.3 Å². The van der Waals surface area contributed by atoms with Crippen molar-refractivity contribution in [2.24, 2.45) is 5.92 Å². The molecule has 1 aliphatic rings. The highest BCUT2D eigenvalue weighted by molar-refractivity contribution is 7.99. The van der Waals surface area contributed by atoms with Crippen LogP contribution in [0.5, 0.6) is 0 Å². The lowest BCUT2D eigenvalue weighted by Gasteiger charge is -2.31. The van der Waals surface area contributed by atoms with Crippen molar-refractivity contribution in [3.63, 3.8) is 0 Å². The van der Waals surface area contributed by atoms with Crippen LogP contribution in [0.2, 0.25) is 0 Å². The fraction of sp³-hybridized carbons (Fsp3) is 0.235. The van der Waals surface area contributed by atoms with E-state index in [1.165, 1.54) is 0 Å². The zero-order chi connectivity index (χ0) is 14.1. The summed E-state index contributed by atoms with van der Waals surface area (Å²) in [5.41, 5.74) is 2.00. The molecule has 0 saturated carbocycles. The molecule has 1 aliphatic heterocycles. The van der Waals surface area contributed by atoms with Crippen molar-refractivity contribution in [3.05, 3.63) is 48.5 Å². The van der Waals surface area contributed by atoms with Gasteiger partial charge in [0.25, 0.3) is 0 Å². The Hall–Kier alpha value is -1.74. The van der Waals surface area contributed by atoms with Gasteiger partial charge in [-0.25, -0.2) is 0 Å². The van der Waals surface area contributed by atoms with Gasteiger partial charge in [-0.05, 0) is 30.2 Å². The van der Waals surface area contributed by atoms with E-state index < -0.39 is 0 Å². The molecular weight excluding hydrogens is 266 g/mol. The highest BCUT2D eigenvalue weighted by atomic mass is 32.2. The van der Waals surface area contributed by atoms with Crippen molar-refractivity contribution < 1.29 is 4.79 Å². The molecule has 0 spiro atoms. The lowest BCUT2D eigenvalue weighted by atomic mass is 10.1. The summed E-state index contributed by atoms with van der Waals surface area (Å²) in [5.74, 6) is 0.525. The van der Waals surface area contributed by atoms with Gasteiger partial charge in [0.15, 0.2) is 0 Å². The predicted molar refractivity (Wildman–Crippen MR) is 83.6 cm³/mol. The number of nitrogens with zero attached hydrogens (tertiary/aromatic N) is 1. The molecule has 2 nitrogen and oxygen atoms in total. The summed E-state index contributed by atoms with van der Waals surface area (Å²) in [6, 6.07) is 16.2. The van der Waals surface area contributed by atoms with Gasteiger partial charge in [0.1, 0.15) is 0 Å². The number of carbonyl (C=O) groups is 1. The first kappa shape index (κ1) is 13.3. The van der Waals surface area contributed by atoms with Gasteiger partial charge in [-0.15, -0.1) is 0 Å². The van der Waals surface area contributed by atoms with Crippen molar-refractivity contribution in [2.45, 2.75) is 30.1 Å². The third kappa shape index (κ3) is 2.34. The molecule has 20 heavy (non-hydrogen) atoms. The maximum absolute atomic E-state index is 12.7. The number of hydrogen-bond acceptors (Lipinski definition) is 2. The smallest absolute Gasteiger partial charge is 0.231 e. The number of fused-ring (bicyclic) bond motifs is 2. The molecule has 1 heterocycles. The van der Waals surface area contributed by atoms with E-state index in [-0.39, 0.29) is 5.91 Å². The molecular formula is C17H17NOS. The van der Waals surface area contributed by atoms with Crippen molar-refractivity contribution in [1.82, 2.24) is 0 Å². The highest BCUT2D eigenvalue weighted by Gasteiger charge is 2.27. The summed E-state index contributed by atoms with van der Waals surface area (Å²) < 4.78 is 0. The van der Waals surface area contributed by atoms with Crippen LogP contribution in [-0.2, 0) is 4.79 Å². The summed E-state index contributed by atoms with van der Waals surface area (Å²) in [4.78, 5) is 16.8. The fourth-order valence-electron chi connectivity index (χ4n) is 2.41. The molecule has 0 unspecified atom stereocenters. The molecule has 2 aromatic rings. The summed E-state index contributed by atoms with van der Waals surface area (Å²) >= 11 is 1.73. The third-order valence-electron chi connectivity index (χ3n) is 3.26. The lowest BCUT2D eigenvalue weighted by molar-refractivity contribution is -0.118. The number of benzene rings is 2. The minimum atomic E-state index is 0.167. The first-order valence-corrected chi connectivity index (χ1v) is 7.67. The van der Waals surface area contributed by atoms with Crippen LogP contribution in [-0.4, -0.2) is 5.91 Å². The minimum Gasteiger partial charge on any atom is -0.279 e. The van der Waals surface area contributed by atoms with Crippen LogP contribution in [0.25, 0.3) is 0 Å². The summed E-state index contributed by atoms with van der Waals surface area (Å²) in [7, 11) is 0. The summed E-state index contributed by atoms with van der Waals surface area (Å²) in [6.07, 6.45) is 0.563. The Labute approximate surface area is 123 Å². The maximum atomic E-state index is 12.7. The van der Waals surface area contributed by atoms with Crippen LogP contribution in [0.3, 0.4) is 0 Å². The number of para-hydroxylation sites is 2. The largest absolute Gasteiger partial charge is 0.279 e. The monoisotopic (exact) mass is 283 g/mol. The van der Waals surface area contributed by atoms with Crippen molar-refractivity contribution >= 4 is 29.0 Å². The first-order chi connectivity index (χ1) is 9.66. The number of carbonyl (C=O) groups excluding carboxylic acids is 1. The van der Waals surface area contributed by atoms with Crippen LogP contribution < -0.4 is 4.90 Å². The summed E-state index contributed by atoms with van der Waals surface area (Å²) in [6.45, 7) is 4.16. The molecule has 2 aromatic carbocycles. The zero-order valence-electron chi connectivity index (χ0n) is 11.7. The molecule has 102 valence electrons. The second kappa shape index (κ2) is 5.33. The summed E-state index contributed by atoms with van der Waals surface area (Å²) in [5, 5.41) is 0. The van der Waals surface area contributed by atoms with Crippen LogP contribution in [0, 0.1) is 5.92 Å². The van der Waals surface area contributed by atoms with Crippen LogP contribution in [0.15, 0.2) is 58.3 Å². The predicted octanol–water partition coefficient (Wildman–Crippen LogP) is 4.86. The van der Waals surface area contributed by atoms with E-state index in [9.17, 15) is 4.79 Å². The van der Waals surface area contributed by atoms with Crippen molar-refractivity contribution in [2.75, 3.05) is 4.90 Å². The Kier molecular flexibility index (Phi) is 3.53. The maximum Gasteiger partial charge on any atom is 0.231 e. The van der Waals surface area contributed by atoms with E-state index in [0.29, 0.717) is 12.3 Å². The van der Waals surface area contributed by atoms with E-state index in [4.69, 9.17) is 0 Å². The molecule has 0 bridgehead atoms. The highest BCUT2D eigenvalue weighted by Crippen LogP contribution is 2.48. The SMILES string of the molecule is CC(C)CC(=O)N1c2ccccc2Sc2ccccc21. The number of hydrogen-bond donors (Lipinski definition) is 0. The van der Waals surface area contributed by atoms with E-state index in [0.717, 1.165) is 21.2 Å². The molecule has 0 radical (unpaired) electrons. The molecule has 0 aromatic heterocycles. The molecule has 0 fully saturated rings.